The van der Waals surface area contributed by atoms with Gasteiger partial charge in [0.05, 0.1) is 18.2 Å². The van der Waals surface area contributed by atoms with Crippen molar-refractivity contribution in [3.63, 3.8) is 0 Å². The maximum atomic E-state index is 12.9. The van der Waals surface area contributed by atoms with Gasteiger partial charge in [0.2, 0.25) is 0 Å². The molecule has 5 heteroatoms. The van der Waals surface area contributed by atoms with Crippen molar-refractivity contribution in [2.75, 3.05) is 7.11 Å². The molecule has 0 heterocycles. The predicted molar refractivity (Wildman–Crippen MR) is 89.4 cm³/mol. The zero-order chi connectivity index (χ0) is 18.2. The first kappa shape index (κ1) is 17.3. The van der Waals surface area contributed by atoms with E-state index in [0.29, 0.717) is 11.1 Å². The quantitative estimate of drug-likeness (QED) is 0.701. The van der Waals surface area contributed by atoms with Crippen molar-refractivity contribution in [1.29, 1.82) is 0 Å². The number of ether oxygens (including phenoxy) is 1. The second-order valence-corrected chi connectivity index (χ2v) is 6.05. The summed E-state index contributed by atoms with van der Waals surface area (Å²) in [6.07, 6.45) is -0.709. The number of fused-ring (bicyclic) bond motifs is 1. The lowest BCUT2D eigenvalue weighted by Crippen LogP contribution is -2.08. The first-order valence-electron chi connectivity index (χ1n) is 7.91. The molecule has 2 nitrogen and oxygen atoms in total. The number of aryl methyl sites for hydroxylation is 2. The van der Waals surface area contributed by atoms with E-state index < -0.39 is 17.7 Å². The van der Waals surface area contributed by atoms with E-state index in [1.807, 2.05) is 12.1 Å². The molecule has 1 aliphatic rings. The number of hydrogen-bond acceptors (Lipinski definition) is 2. The SMILES string of the molecule is COC(=O)c1ccc2c(c1)C(c1ccc(C(F)(F)F)cc1C)=CCC2. The van der Waals surface area contributed by atoms with Gasteiger partial charge in [-0.3, -0.25) is 0 Å². The second-order valence-electron chi connectivity index (χ2n) is 6.05. The van der Waals surface area contributed by atoms with E-state index >= 15 is 0 Å². The molecule has 0 unspecified atom stereocenters. The maximum absolute atomic E-state index is 12.9. The zero-order valence-electron chi connectivity index (χ0n) is 13.9. The van der Waals surface area contributed by atoms with E-state index in [9.17, 15) is 18.0 Å². The standard InChI is InChI=1S/C20H17F3O2/c1-12-10-15(20(21,22)23)8-9-16(12)17-5-3-4-13-6-7-14(11-18(13)17)19(24)25-2/h5-11H,3-4H2,1-2H3. The van der Waals surface area contributed by atoms with Crippen LogP contribution in [0.15, 0.2) is 42.5 Å². The molecule has 25 heavy (non-hydrogen) atoms. The first-order chi connectivity index (χ1) is 11.8. The molecule has 0 amide bonds. The molecule has 0 bridgehead atoms. The molecular formula is C20H17F3O2. The highest BCUT2D eigenvalue weighted by Crippen LogP contribution is 2.36. The Balaban J connectivity index is 2.08. The third kappa shape index (κ3) is 3.31. The van der Waals surface area contributed by atoms with E-state index in [2.05, 4.69) is 0 Å². The number of esters is 1. The van der Waals surface area contributed by atoms with Crippen LogP contribution in [-0.4, -0.2) is 13.1 Å². The van der Waals surface area contributed by atoms with Crippen molar-refractivity contribution in [3.8, 4) is 0 Å². The highest BCUT2D eigenvalue weighted by Gasteiger charge is 2.31. The Morgan fingerprint density at radius 2 is 1.84 bits per heavy atom. The van der Waals surface area contributed by atoms with Gasteiger partial charge in [0.25, 0.3) is 0 Å². The number of methoxy groups -OCH3 is 1. The van der Waals surface area contributed by atoms with Gasteiger partial charge in [0.15, 0.2) is 0 Å². The summed E-state index contributed by atoms with van der Waals surface area (Å²) < 4.78 is 43.4. The Hall–Kier alpha value is -2.56. The van der Waals surface area contributed by atoms with E-state index in [-0.39, 0.29) is 0 Å². The Kier molecular flexibility index (Phi) is 4.41. The molecule has 2 aromatic rings. The zero-order valence-corrected chi connectivity index (χ0v) is 13.9. The Labute approximate surface area is 143 Å². The number of alkyl halides is 3. The number of carbonyl (C=O) groups excluding carboxylic acids is 1. The molecule has 130 valence electrons. The molecule has 0 aliphatic heterocycles. The molecule has 0 spiro atoms. The van der Waals surface area contributed by atoms with Crippen molar-refractivity contribution < 1.29 is 22.7 Å². The van der Waals surface area contributed by atoms with Crippen LogP contribution in [0.2, 0.25) is 0 Å². The van der Waals surface area contributed by atoms with Crippen LogP contribution < -0.4 is 0 Å². The molecule has 0 fully saturated rings. The maximum Gasteiger partial charge on any atom is 0.416 e. The molecule has 0 saturated heterocycles. The molecule has 2 aromatic carbocycles. The predicted octanol–water partition coefficient (Wildman–Crippen LogP) is 5.18. The monoisotopic (exact) mass is 346 g/mol. The van der Waals surface area contributed by atoms with E-state index in [1.165, 1.54) is 13.2 Å². The average molecular weight is 346 g/mol. The fourth-order valence-corrected chi connectivity index (χ4v) is 3.17. The van der Waals surface area contributed by atoms with Crippen LogP contribution in [0.1, 0.15) is 44.6 Å². The number of hydrogen-bond donors (Lipinski definition) is 0. The van der Waals surface area contributed by atoms with Gasteiger partial charge in [0, 0.05) is 0 Å². The van der Waals surface area contributed by atoms with Crippen LogP contribution in [0.4, 0.5) is 13.2 Å². The Morgan fingerprint density at radius 3 is 2.48 bits per heavy atom. The summed E-state index contributed by atoms with van der Waals surface area (Å²) in [6.45, 7) is 1.67. The largest absolute Gasteiger partial charge is 0.465 e. The number of halogens is 3. The minimum absolute atomic E-state index is 0.429. The number of rotatable bonds is 2. The van der Waals surface area contributed by atoms with E-state index in [4.69, 9.17) is 4.74 Å². The Bertz CT molecular complexity index is 864. The third-order valence-electron chi connectivity index (χ3n) is 4.43. The number of carbonyl (C=O) groups is 1. The average Bonchev–Trinajstić information content (AvgIpc) is 2.59. The van der Waals surface area contributed by atoms with Crippen molar-refractivity contribution >= 4 is 11.5 Å². The van der Waals surface area contributed by atoms with Crippen LogP contribution in [0.5, 0.6) is 0 Å². The molecule has 0 atom stereocenters. The lowest BCUT2D eigenvalue weighted by molar-refractivity contribution is -0.137. The van der Waals surface area contributed by atoms with Crippen LogP contribution in [0, 0.1) is 6.92 Å². The smallest absolute Gasteiger partial charge is 0.416 e. The normalized spacial score (nSPS) is 13.9. The summed E-state index contributed by atoms with van der Waals surface area (Å²) in [7, 11) is 1.32. The highest BCUT2D eigenvalue weighted by molar-refractivity contribution is 5.93. The summed E-state index contributed by atoms with van der Waals surface area (Å²) in [4.78, 5) is 11.8. The molecule has 0 aromatic heterocycles. The van der Waals surface area contributed by atoms with Gasteiger partial charge in [-0.15, -0.1) is 0 Å². The van der Waals surface area contributed by atoms with Gasteiger partial charge >= 0.3 is 12.1 Å². The number of benzene rings is 2. The minimum atomic E-state index is -4.36. The van der Waals surface area contributed by atoms with Crippen LogP contribution in [-0.2, 0) is 17.3 Å². The summed E-state index contributed by atoms with van der Waals surface area (Å²) in [5.41, 5.74) is 3.88. The minimum Gasteiger partial charge on any atom is -0.465 e. The van der Waals surface area contributed by atoms with Crippen LogP contribution in [0.3, 0.4) is 0 Å². The lowest BCUT2D eigenvalue weighted by atomic mass is 9.84. The van der Waals surface area contributed by atoms with Crippen LogP contribution >= 0.6 is 0 Å². The summed E-state index contributed by atoms with van der Waals surface area (Å²) in [5, 5.41) is 0. The third-order valence-corrected chi connectivity index (χ3v) is 4.43. The molecule has 0 N–H and O–H groups in total. The van der Waals surface area contributed by atoms with Crippen LogP contribution in [0.25, 0.3) is 5.57 Å². The van der Waals surface area contributed by atoms with Crippen molar-refractivity contribution in [1.82, 2.24) is 0 Å². The molecule has 3 rings (SSSR count). The van der Waals surface area contributed by atoms with Gasteiger partial charge in [-0.1, -0.05) is 18.2 Å². The summed E-state index contributed by atoms with van der Waals surface area (Å²) in [6, 6.07) is 9.12. The molecular weight excluding hydrogens is 329 g/mol. The van der Waals surface area contributed by atoms with Gasteiger partial charge in [0.1, 0.15) is 0 Å². The lowest BCUT2D eigenvalue weighted by Gasteiger charge is -2.21. The van der Waals surface area contributed by atoms with E-state index in [0.717, 1.165) is 47.2 Å². The highest BCUT2D eigenvalue weighted by atomic mass is 19.4. The topological polar surface area (TPSA) is 26.3 Å². The fourth-order valence-electron chi connectivity index (χ4n) is 3.17. The van der Waals surface area contributed by atoms with Crippen molar-refractivity contribution in [2.45, 2.75) is 25.9 Å². The van der Waals surface area contributed by atoms with Gasteiger partial charge < -0.3 is 4.74 Å². The Morgan fingerprint density at radius 1 is 1.08 bits per heavy atom. The summed E-state index contributed by atoms with van der Waals surface area (Å²) in [5.74, 6) is -0.433. The van der Waals surface area contributed by atoms with Gasteiger partial charge in [-0.05, 0) is 71.9 Å². The van der Waals surface area contributed by atoms with E-state index in [1.54, 1.807) is 19.1 Å². The van der Waals surface area contributed by atoms with Gasteiger partial charge in [-0.2, -0.15) is 13.2 Å². The number of allylic oxidation sites excluding steroid dienone is 1. The molecule has 0 saturated carbocycles. The molecule has 0 radical (unpaired) electrons. The first-order valence-corrected chi connectivity index (χ1v) is 7.91. The van der Waals surface area contributed by atoms with Gasteiger partial charge in [-0.25, -0.2) is 4.79 Å². The summed E-state index contributed by atoms with van der Waals surface area (Å²) >= 11 is 0. The fraction of sp³-hybridized carbons (Fsp3) is 0.250. The van der Waals surface area contributed by atoms with Crippen molar-refractivity contribution in [2.24, 2.45) is 0 Å². The molecule has 1 aliphatic carbocycles. The second kappa shape index (κ2) is 6.39. The van der Waals surface area contributed by atoms with Crippen molar-refractivity contribution in [3.05, 3.63) is 75.9 Å².